The average Bonchev–Trinajstić information content (AvgIpc) is 2.57. The van der Waals surface area contributed by atoms with Gasteiger partial charge in [0.2, 0.25) is 0 Å². The molecule has 0 aliphatic carbocycles. The molecule has 2 unspecified atom stereocenters. The molecule has 5 nitrogen and oxygen atoms in total. The van der Waals surface area contributed by atoms with Gasteiger partial charge in [0.25, 0.3) is 0 Å². The summed E-state index contributed by atoms with van der Waals surface area (Å²) in [6.45, 7) is 2.56. The SMILES string of the molecule is CCCCN1C(C(=O)O)CCC1C(=O)O. The summed E-state index contributed by atoms with van der Waals surface area (Å²) in [6.07, 6.45) is 2.66. The summed E-state index contributed by atoms with van der Waals surface area (Å²) in [6, 6.07) is -1.23. The third kappa shape index (κ3) is 2.68. The van der Waals surface area contributed by atoms with Crippen LogP contribution in [0.15, 0.2) is 0 Å². The minimum Gasteiger partial charge on any atom is -0.480 e. The summed E-state index contributed by atoms with van der Waals surface area (Å²) in [5, 5.41) is 17.9. The molecule has 86 valence electrons. The van der Waals surface area contributed by atoms with Gasteiger partial charge in [0.15, 0.2) is 0 Å². The fraction of sp³-hybridized carbons (Fsp3) is 0.800. The Morgan fingerprint density at radius 2 is 1.67 bits per heavy atom. The van der Waals surface area contributed by atoms with Crippen molar-refractivity contribution in [2.75, 3.05) is 6.54 Å². The van der Waals surface area contributed by atoms with E-state index < -0.39 is 24.0 Å². The highest BCUT2D eigenvalue weighted by Crippen LogP contribution is 2.25. The lowest BCUT2D eigenvalue weighted by molar-refractivity contribution is -0.146. The van der Waals surface area contributed by atoms with E-state index in [9.17, 15) is 9.59 Å². The number of rotatable bonds is 5. The molecule has 15 heavy (non-hydrogen) atoms. The van der Waals surface area contributed by atoms with Gasteiger partial charge in [-0.25, -0.2) is 0 Å². The van der Waals surface area contributed by atoms with E-state index in [0.717, 1.165) is 12.8 Å². The summed E-state index contributed by atoms with van der Waals surface area (Å²) < 4.78 is 0. The fourth-order valence-electron chi connectivity index (χ4n) is 2.05. The monoisotopic (exact) mass is 215 g/mol. The zero-order valence-electron chi connectivity index (χ0n) is 8.85. The largest absolute Gasteiger partial charge is 0.480 e. The van der Waals surface area contributed by atoms with Gasteiger partial charge in [0.1, 0.15) is 12.1 Å². The lowest BCUT2D eigenvalue weighted by atomic mass is 10.2. The number of nitrogens with zero attached hydrogens (tertiary/aromatic N) is 1. The normalized spacial score (nSPS) is 26.7. The van der Waals surface area contributed by atoms with Crippen LogP contribution in [0.2, 0.25) is 0 Å². The van der Waals surface area contributed by atoms with Gasteiger partial charge in [0, 0.05) is 0 Å². The second-order valence-corrected chi connectivity index (χ2v) is 3.88. The first-order chi connectivity index (χ1) is 7.07. The molecule has 0 saturated carbocycles. The van der Waals surface area contributed by atoms with E-state index in [-0.39, 0.29) is 0 Å². The van der Waals surface area contributed by atoms with E-state index in [1.54, 1.807) is 4.90 Å². The van der Waals surface area contributed by atoms with Crippen LogP contribution in [-0.2, 0) is 9.59 Å². The first-order valence-corrected chi connectivity index (χ1v) is 5.29. The molecule has 0 aromatic heterocycles. The van der Waals surface area contributed by atoms with Crippen LogP contribution in [0.3, 0.4) is 0 Å². The van der Waals surface area contributed by atoms with Crippen molar-refractivity contribution in [1.82, 2.24) is 4.90 Å². The van der Waals surface area contributed by atoms with Crippen LogP contribution < -0.4 is 0 Å². The van der Waals surface area contributed by atoms with E-state index >= 15 is 0 Å². The minimum atomic E-state index is -0.908. The first kappa shape index (κ1) is 12.0. The Balaban J connectivity index is 2.68. The molecule has 0 aromatic rings. The maximum atomic E-state index is 10.9. The highest BCUT2D eigenvalue weighted by atomic mass is 16.4. The van der Waals surface area contributed by atoms with E-state index in [0.29, 0.717) is 19.4 Å². The zero-order valence-corrected chi connectivity index (χ0v) is 8.85. The molecular formula is C10H17NO4. The Bertz CT molecular complexity index is 232. The van der Waals surface area contributed by atoms with Crippen molar-refractivity contribution in [3.8, 4) is 0 Å². The molecule has 0 spiro atoms. The van der Waals surface area contributed by atoms with Crippen LogP contribution in [0, 0.1) is 0 Å². The quantitative estimate of drug-likeness (QED) is 0.709. The Kier molecular flexibility index (Phi) is 4.08. The van der Waals surface area contributed by atoms with Crippen LogP contribution in [0.25, 0.3) is 0 Å². The number of carboxylic acids is 2. The molecule has 0 bridgehead atoms. The van der Waals surface area contributed by atoms with Gasteiger partial charge in [-0.15, -0.1) is 0 Å². The average molecular weight is 215 g/mol. The van der Waals surface area contributed by atoms with Gasteiger partial charge in [-0.05, 0) is 25.8 Å². The summed E-state index contributed by atoms with van der Waals surface area (Å²) in [5.74, 6) is -1.82. The summed E-state index contributed by atoms with van der Waals surface area (Å²) in [7, 11) is 0. The molecule has 0 amide bonds. The van der Waals surface area contributed by atoms with Crippen molar-refractivity contribution < 1.29 is 19.8 Å². The van der Waals surface area contributed by atoms with Crippen LogP contribution >= 0.6 is 0 Å². The predicted molar refractivity (Wildman–Crippen MR) is 53.7 cm³/mol. The van der Waals surface area contributed by atoms with Crippen molar-refractivity contribution >= 4 is 11.9 Å². The fourth-order valence-corrected chi connectivity index (χ4v) is 2.05. The van der Waals surface area contributed by atoms with Crippen molar-refractivity contribution in [1.29, 1.82) is 0 Å². The van der Waals surface area contributed by atoms with E-state index in [1.165, 1.54) is 0 Å². The second-order valence-electron chi connectivity index (χ2n) is 3.88. The molecule has 1 aliphatic heterocycles. The molecule has 1 rings (SSSR count). The molecule has 2 N–H and O–H groups in total. The summed E-state index contributed by atoms with van der Waals surface area (Å²) in [4.78, 5) is 23.4. The van der Waals surface area contributed by atoms with Gasteiger partial charge in [-0.3, -0.25) is 14.5 Å². The van der Waals surface area contributed by atoms with Gasteiger partial charge in [-0.1, -0.05) is 13.3 Å². The number of carboxylic acid groups (broad SMARTS) is 2. The number of likely N-dealkylation sites (tertiary alicyclic amines) is 1. The Morgan fingerprint density at radius 3 is 2.00 bits per heavy atom. The Labute approximate surface area is 88.7 Å². The Morgan fingerprint density at radius 1 is 1.20 bits per heavy atom. The number of unbranched alkanes of at least 4 members (excludes halogenated alkanes) is 1. The number of hydrogen-bond acceptors (Lipinski definition) is 3. The number of aliphatic carboxylic acids is 2. The Hall–Kier alpha value is -1.10. The molecule has 1 aliphatic rings. The maximum absolute atomic E-state index is 10.9. The van der Waals surface area contributed by atoms with Crippen LogP contribution in [-0.4, -0.2) is 45.7 Å². The van der Waals surface area contributed by atoms with E-state index in [1.807, 2.05) is 6.92 Å². The number of carbonyl (C=O) groups is 2. The van der Waals surface area contributed by atoms with E-state index in [2.05, 4.69) is 0 Å². The highest BCUT2D eigenvalue weighted by Gasteiger charge is 2.40. The van der Waals surface area contributed by atoms with Crippen LogP contribution in [0.1, 0.15) is 32.6 Å². The predicted octanol–water partition coefficient (Wildman–Crippen LogP) is 0.789. The molecule has 0 aromatic carbocycles. The van der Waals surface area contributed by atoms with Gasteiger partial charge >= 0.3 is 11.9 Å². The molecule has 1 saturated heterocycles. The van der Waals surface area contributed by atoms with Crippen molar-refractivity contribution in [2.24, 2.45) is 0 Å². The lowest BCUT2D eigenvalue weighted by Gasteiger charge is -2.25. The molecular weight excluding hydrogens is 198 g/mol. The van der Waals surface area contributed by atoms with E-state index in [4.69, 9.17) is 10.2 Å². The minimum absolute atomic E-state index is 0.440. The van der Waals surface area contributed by atoms with Crippen LogP contribution in [0.5, 0.6) is 0 Å². The smallest absolute Gasteiger partial charge is 0.320 e. The molecule has 1 heterocycles. The molecule has 0 radical (unpaired) electrons. The molecule has 2 atom stereocenters. The maximum Gasteiger partial charge on any atom is 0.320 e. The zero-order chi connectivity index (χ0) is 11.4. The summed E-state index contributed by atoms with van der Waals surface area (Å²) >= 11 is 0. The van der Waals surface area contributed by atoms with Crippen molar-refractivity contribution in [3.63, 3.8) is 0 Å². The number of hydrogen-bond donors (Lipinski definition) is 2. The standard InChI is InChI=1S/C10H17NO4/c1-2-3-6-11-7(9(12)13)4-5-8(11)10(14)15/h7-8H,2-6H2,1H3,(H,12,13)(H,14,15). The second kappa shape index (κ2) is 5.11. The molecule has 5 heteroatoms. The summed E-state index contributed by atoms with van der Waals surface area (Å²) in [5.41, 5.74) is 0. The topological polar surface area (TPSA) is 77.8 Å². The third-order valence-electron chi connectivity index (χ3n) is 2.85. The van der Waals surface area contributed by atoms with Gasteiger partial charge in [0.05, 0.1) is 0 Å². The van der Waals surface area contributed by atoms with Crippen molar-refractivity contribution in [3.05, 3.63) is 0 Å². The van der Waals surface area contributed by atoms with Gasteiger partial charge < -0.3 is 10.2 Å². The van der Waals surface area contributed by atoms with Crippen LogP contribution in [0.4, 0.5) is 0 Å². The van der Waals surface area contributed by atoms with Gasteiger partial charge in [-0.2, -0.15) is 0 Å². The lowest BCUT2D eigenvalue weighted by Crippen LogP contribution is -2.44. The highest BCUT2D eigenvalue weighted by molar-refractivity contribution is 5.79. The van der Waals surface area contributed by atoms with Crippen molar-refractivity contribution in [2.45, 2.75) is 44.7 Å². The third-order valence-corrected chi connectivity index (χ3v) is 2.85. The molecule has 1 fully saturated rings. The first-order valence-electron chi connectivity index (χ1n) is 5.29.